The molecule has 0 amide bonds. The molecule has 0 aromatic rings. The van der Waals surface area contributed by atoms with Gasteiger partial charge in [-0.3, -0.25) is 0 Å². The predicted molar refractivity (Wildman–Crippen MR) is 94.5 cm³/mol. The van der Waals surface area contributed by atoms with Gasteiger partial charge in [0.2, 0.25) is 0 Å². The number of unbranched alkanes of at least 4 members (excludes halogenated alkanes) is 9. The molecule has 2 aliphatic rings. The summed E-state index contributed by atoms with van der Waals surface area (Å²) in [5.74, 6) is 0. The van der Waals surface area contributed by atoms with Crippen LogP contribution in [0.2, 0.25) is 0 Å². The van der Waals surface area contributed by atoms with Crippen molar-refractivity contribution in [2.75, 3.05) is 6.61 Å². The standard InChI is InChI=1S/C19H37NO4/c1-2-3-4-5-6-7-8-9-10-11-14-22-19-16(23-19)13-12-15(20)17-18(21)24-17/h15-19,21H,2-14,20H2,1H3. The molecule has 2 saturated heterocycles. The number of aliphatic hydroxyl groups excluding tert-OH is 1. The van der Waals surface area contributed by atoms with Crippen molar-refractivity contribution in [3.05, 3.63) is 0 Å². The van der Waals surface area contributed by atoms with E-state index in [1.54, 1.807) is 0 Å². The van der Waals surface area contributed by atoms with E-state index < -0.39 is 6.29 Å². The van der Waals surface area contributed by atoms with E-state index in [2.05, 4.69) is 6.92 Å². The van der Waals surface area contributed by atoms with E-state index in [4.69, 9.17) is 25.1 Å². The van der Waals surface area contributed by atoms with Crippen LogP contribution in [0.5, 0.6) is 0 Å². The molecule has 5 unspecified atom stereocenters. The first kappa shape index (κ1) is 20.1. The van der Waals surface area contributed by atoms with Gasteiger partial charge in [-0.05, 0) is 19.3 Å². The minimum atomic E-state index is -0.650. The van der Waals surface area contributed by atoms with Crippen LogP contribution in [-0.4, -0.2) is 42.5 Å². The molecule has 5 nitrogen and oxygen atoms in total. The van der Waals surface area contributed by atoms with Crippen LogP contribution in [0.1, 0.15) is 84.0 Å². The molecule has 0 radical (unpaired) electrons. The van der Waals surface area contributed by atoms with Gasteiger partial charge in [-0.2, -0.15) is 0 Å². The first-order valence-electron chi connectivity index (χ1n) is 10.1. The maximum absolute atomic E-state index is 9.14. The van der Waals surface area contributed by atoms with Crippen molar-refractivity contribution < 1.29 is 19.3 Å². The maximum Gasteiger partial charge on any atom is 0.184 e. The van der Waals surface area contributed by atoms with Gasteiger partial charge in [-0.1, -0.05) is 64.7 Å². The lowest BCUT2D eigenvalue weighted by Gasteiger charge is -2.06. The van der Waals surface area contributed by atoms with Crippen LogP contribution in [0.25, 0.3) is 0 Å². The van der Waals surface area contributed by atoms with Gasteiger partial charge < -0.3 is 25.1 Å². The smallest absolute Gasteiger partial charge is 0.184 e. The molecule has 0 aromatic carbocycles. The van der Waals surface area contributed by atoms with Crippen molar-refractivity contribution in [2.24, 2.45) is 5.73 Å². The van der Waals surface area contributed by atoms with E-state index in [1.807, 2.05) is 0 Å². The van der Waals surface area contributed by atoms with Gasteiger partial charge in [0.25, 0.3) is 0 Å². The molecule has 0 aromatic heterocycles. The molecule has 2 aliphatic heterocycles. The fraction of sp³-hybridized carbons (Fsp3) is 1.00. The quantitative estimate of drug-likeness (QED) is 0.331. The topological polar surface area (TPSA) is 80.5 Å². The van der Waals surface area contributed by atoms with E-state index in [1.165, 1.54) is 57.8 Å². The Morgan fingerprint density at radius 1 is 0.958 bits per heavy atom. The summed E-state index contributed by atoms with van der Waals surface area (Å²) >= 11 is 0. The number of hydrogen-bond acceptors (Lipinski definition) is 5. The lowest BCUT2D eigenvalue weighted by molar-refractivity contribution is 0.0478. The second-order valence-corrected chi connectivity index (χ2v) is 7.33. The molecule has 0 bridgehead atoms. The zero-order chi connectivity index (χ0) is 17.2. The minimum Gasteiger partial charge on any atom is -0.366 e. The van der Waals surface area contributed by atoms with E-state index in [0.29, 0.717) is 0 Å². The molecule has 142 valence electrons. The van der Waals surface area contributed by atoms with Crippen LogP contribution in [0.15, 0.2) is 0 Å². The number of epoxide rings is 2. The molecule has 5 atom stereocenters. The molecule has 3 N–H and O–H groups in total. The highest BCUT2D eigenvalue weighted by Crippen LogP contribution is 2.31. The van der Waals surface area contributed by atoms with Crippen molar-refractivity contribution in [3.63, 3.8) is 0 Å². The van der Waals surface area contributed by atoms with Gasteiger partial charge in [-0.25, -0.2) is 0 Å². The monoisotopic (exact) mass is 343 g/mol. The summed E-state index contributed by atoms with van der Waals surface area (Å²) in [5.41, 5.74) is 5.92. The van der Waals surface area contributed by atoms with Gasteiger partial charge >= 0.3 is 0 Å². The van der Waals surface area contributed by atoms with Gasteiger partial charge in [0.05, 0.1) is 0 Å². The average Bonchev–Trinajstić information content (AvgIpc) is 3.48. The number of ether oxygens (including phenoxy) is 3. The lowest BCUT2D eigenvalue weighted by Crippen LogP contribution is -2.28. The number of rotatable bonds is 16. The van der Waals surface area contributed by atoms with Crippen LogP contribution in [0.3, 0.4) is 0 Å². The van der Waals surface area contributed by atoms with Gasteiger partial charge in [0, 0.05) is 12.6 Å². The first-order chi connectivity index (χ1) is 11.7. The van der Waals surface area contributed by atoms with E-state index in [0.717, 1.165) is 25.9 Å². The molecule has 0 aliphatic carbocycles. The third kappa shape index (κ3) is 8.26. The fourth-order valence-electron chi connectivity index (χ4n) is 3.22. The fourth-order valence-corrected chi connectivity index (χ4v) is 3.22. The lowest BCUT2D eigenvalue weighted by atomic mass is 10.1. The number of aliphatic hydroxyl groups is 1. The van der Waals surface area contributed by atoms with Crippen molar-refractivity contribution in [1.29, 1.82) is 0 Å². The van der Waals surface area contributed by atoms with Crippen LogP contribution in [0, 0.1) is 0 Å². The van der Waals surface area contributed by atoms with Crippen molar-refractivity contribution in [1.82, 2.24) is 0 Å². The second-order valence-electron chi connectivity index (χ2n) is 7.33. The normalized spacial score (nSPS) is 29.6. The Bertz CT molecular complexity index is 328. The zero-order valence-corrected chi connectivity index (χ0v) is 15.3. The minimum absolute atomic E-state index is 0.0270. The van der Waals surface area contributed by atoms with E-state index >= 15 is 0 Å². The van der Waals surface area contributed by atoms with E-state index in [9.17, 15) is 0 Å². The summed E-state index contributed by atoms with van der Waals surface area (Å²) in [7, 11) is 0. The number of nitrogens with two attached hydrogens (primary N) is 1. The summed E-state index contributed by atoms with van der Waals surface area (Å²) < 4.78 is 16.2. The van der Waals surface area contributed by atoms with Crippen LogP contribution in [-0.2, 0) is 14.2 Å². The largest absolute Gasteiger partial charge is 0.366 e. The summed E-state index contributed by atoms with van der Waals surface area (Å²) in [4.78, 5) is 0. The molecule has 2 heterocycles. The van der Waals surface area contributed by atoms with E-state index in [-0.39, 0.29) is 24.5 Å². The van der Waals surface area contributed by atoms with Crippen LogP contribution in [0.4, 0.5) is 0 Å². The highest BCUT2D eigenvalue weighted by atomic mass is 16.8. The SMILES string of the molecule is CCCCCCCCCCCCOC1OC1CCC(N)C1OC1O. The highest BCUT2D eigenvalue weighted by Gasteiger charge is 2.44. The molecule has 24 heavy (non-hydrogen) atoms. The van der Waals surface area contributed by atoms with Gasteiger partial charge in [0.15, 0.2) is 12.6 Å². The molecule has 2 fully saturated rings. The summed E-state index contributed by atoms with van der Waals surface area (Å²) in [6.45, 7) is 3.06. The number of hydrogen-bond donors (Lipinski definition) is 2. The Hall–Kier alpha value is -0.200. The molecule has 0 saturated carbocycles. The summed E-state index contributed by atoms with van der Waals surface area (Å²) in [6, 6.07) is -0.0909. The average molecular weight is 344 g/mol. The molecule has 0 spiro atoms. The van der Waals surface area contributed by atoms with Crippen LogP contribution >= 0.6 is 0 Å². The Balaban J connectivity index is 1.29. The van der Waals surface area contributed by atoms with Gasteiger partial charge in [0.1, 0.15) is 12.2 Å². The first-order valence-corrected chi connectivity index (χ1v) is 10.1. The Labute approximate surface area is 147 Å². The van der Waals surface area contributed by atoms with Crippen molar-refractivity contribution >= 4 is 0 Å². The summed E-state index contributed by atoms with van der Waals surface area (Å²) in [6.07, 6.45) is 14.4. The van der Waals surface area contributed by atoms with Crippen molar-refractivity contribution in [2.45, 2.75) is 115 Å². The Morgan fingerprint density at radius 2 is 1.54 bits per heavy atom. The Morgan fingerprint density at radius 3 is 2.12 bits per heavy atom. The molecule has 2 rings (SSSR count). The van der Waals surface area contributed by atoms with Gasteiger partial charge in [-0.15, -0.1) is 0 Å². The maximum atomic E-state index is 9.14. The van der Waals surface area contributed by atoms with Crippen LogP contribution < -0.4 is 5.73 Å². The van der Waals surface area contributed by atoms with Crippen molar-refractivity contribution in [3.8, 4) is 0 Å². The molecular weight excluding hydrogens is 306 g/mol. The summed E-state index contributed by atoms with van der Waals surface area (Å²) in [5, 5.41) is 9.14. The zero-order valence-electron chi connectivity index (χ0n) is 15.3. The highest BCUT2D eigenvalue weighted by molar-refractivity contribution is 4.88. The Kier molecular flexibility index (Phi) is 9.57. The predicted octanol–water partition coefficient (Wildman–Crippen LogP) is 3.47. The molecular formula is C19H37NO4. The third-order valence-corrected chi connectivity index (χ3v) is 5.02. The molecule has 5 heteroatoms. The second kappa shape index (κ2) is 11.4. The third-order valence-electron chi connectivity index (χ3n) is 5.02.